The largest absolute Gasteiger partial charge is 0.295 e. The van der Waals surface area contributed by atoms with Crippen LogP contribution in [-0.4, -0.2) is 10.7 Å². The van der Waals surface area contributed by atoms with E-state index < -0.39 is 4.92 Å². The minimum Gasteiger partial charge on any atom is -0.295 e. The van der Waals surface area contributed by atoms with E-state index in [0.717, 1.165) is 0 Å². The summed E-state index contributed by atoms with van der Waals surface area (Å²) in [6.07, 6.45) is 0. The quantitative estimate of drug-likeness (QED) is 0.470. The molecular weight excluding hydrogens is 262 g/mol. The molecular formula is C10H12BrNO3. The van der Waals surface area contributed by atoms with E-state index in [1.54, 1.807) is 6.07 Å². The number of carbonyl (C=O) groups is 1. The molecule has 4 nitrogen and oxygen atoms in total. The van der Waals surface area contributed by atoms with Crippen molar-refractivity contribution in [1.82, 2.24) is 0 Å². The van der Waals surface area contributed by atoms with Crippen LogP contribution >= 0.6 is 15.9 Å². The number of ketones is 1. The van der Waals surface area contributed by atoms with E-state index in [-0.39, 0.29) is 11.5 Å². The van der Waals surface area contributed by atoms with Gasteiger partial charge < -0.3 is 0 Å². The van der Waals surface area contributed by atoms with Crippen LogP contribution in [0.25, 0.3) is 0 Å². The van der Waals surface area contributed by atoms with Crippen molar-refractivity contribution >= 4 is 27.4 Å². The number of Topliss-reactive ketones (excluding diaryl/α,β-unsaturated/α-hetero) is 1. The van der Waals surface area contributed by atoms with Crippen molar-refractivity contribution < 1.29 is 9.72 Å². The van der Waals surface area contributed by atoms with Crippen molar-refractivity contribution in [3.05, 3.63) is 38.3 Å². The Kier molecular flexibility index (Phi) is 5.77. The molecule has 82 valence electrons. The molecule has 0 spiro atoms. The van der Waals surface area contributed by atoms with Crippen LogP contribution in [0.4, 0.5) is 5.69 Å². The third kappa shape index (κ3) is 3.79. The van der Waals surface area contributed by atoms with Crippen LogP contribution in [0.1, 0.15) is 31.1 Å². The lowest BCUT2D eigenvalue weighted by atomic mass is 10.1. The Bertz CT molecular complexity index is 377. The lowest BCUT2D eigenvalue weighted by Gasteiger charge is -1.97. The molecule has 1 rings (SSSR count). The Labute approximate surface area is 96.6 Å². The standard InChI is InChI=1S/C8H6BrNO3.C2H6/c1-5(11)6-2-3-7(9)8(4-6)10(12)13;1-2/h2-4H,1H3;1-2H3. The fourth-order valence-corrected chi connectivity index (χ4v) is 1.26. The number of hydrogen-bond acceptors (Lipinski definition) is 3. The van der Waals surface area contributed by atoms with Gasteiger partial charge in [-0.2, -0.15) is 0 Å². The summed E-state index contributed by atoms with van der Waals surface area (Å²) in [6, 6.07) is 4.29. The molecule has 0 radical (unpaired) electrons. The summed E-state index contributed by atoms with van der Waals surface area (Å²) in [4.78, 5) is 20.8. The molecule has 0 saturated carbocycles. The van der Waals surface area contributed by atoms with E-state index in [9.17, 15) is 14.9 Å². The molecule has 1 aromatic carbocycles. The maximum absolute atomic E-state index is 10.9. The zero-order valence-corrected chi connectivity index (χ0v) is 10.4. The van der Waals surface area contributed by atoms with E-state index >= 15 is 0 Å². The van der Waals surface area contributed by atoms with Gasteiger partial charge in [-0.25, -0.2) is 0 Å². The van der Waals surface area contributed by atoms with Crippen LogP contribution in [0.3, 0.4) is 0 Å². The normalized spacial score (nSPS) is 8.80. The molecule has 0 aliphatic carbocycles. The number of benzene rings is 1. The van der Waals surface area contributed by atoms with E-state index in [4.69, 9.17) is 0 Å². The first kappa shape index (κ1) is 13.8. The smallest absolute Gasteiger partial charge is 0.284 e. The molecule has 0 heterocycles. The number of nitro groups is 1. The van der Waals surface area contributed by atoms with Crippen molar-refractivity contribution in [3.63, 3.8) is 0 Å². The highest BCUT2D eigenvalue weighted by atomic mass is 79.9. The second kappa shape index (κ2) is 6.29. The van der Waals surface area contributed by atoms with Crippen LogP contribution in [0.5, 0.6) is 0 Å². The Morgan fingerprint density at radius 1 is 1.40 bits per heavy atom. The lowest BCUT2D eigenvalue weighted by molar-refractivity contribution is -0.385. The Morgan fingerprint density at radius 2 is 1.93 bits per heavy atom. The van der Waals surface area contributed by atoms with Crippen LogP contribution in [-0.2, 0) is 0 Å². The van der Waals surface area contributed by atoms with Crippen LogP contribution in [0, 0.1) is 10.1 Å². The number of halogens is 1. The van der Waals surface area contributed by atoms with E-state index in [1.807, 2.05) is 13.8 Å². The predicted molar refractivity (Wildman–Crippen MR) is 62.1 cm³/mol. The summed E-state index contributed by atoms with van der Waals surface area (Å²) in [5, 5.41) is 10.5. The predicted octanol–water partition coefficient (Wildman–Crippen LogP) is 3.59. The van der Waals surface area contributed by atoms with Crippen LogP contribution in [0.2, 0.25) is 0 Å². The molecule has 0 amide bonds. The van der Waals surface area contributed by atoms with Crippen molar-refractivity contribution in [2.75, 3.05) is 0 Å². The molecule has 0 aromatic heterocycles. The molecule has 0 atom stereocenters. The number of carbonyl (C=O) groups excluding carboxylic acids is 1. The zero-order valence-electron chi connectivity index (χ0n) is 8.78. The first-order valence-electron chi connectivity index (χ1n) is 4.47. The monoisotopic (exact) mass is 273 g/mol. The molecule has 5 heteroatoms. The summed E-state index contributed by atoms with van der Waals surface area (Å²) in [7, 11) is 0. The minimum absolute atomic E-state index is 0.0901. The molecule has 0 aliphatic rings. The number of nitrogens with zero attached hydrogens (tertiary/aromatic N) is 1. The fourth-order valence-electron chi connectivity index (χ4n) is 0.872. The van der Waals surface area contributed by atoms with Crippen molar-refractivity contribution in [1.29, 1.82) is 0 Å². The molecule has 0 aliphatic heterocycles. The number of nitro benzene ring substituents is 1. The van der Waals surface area contributed by atoms with Gasteiger partial charge in [-0.15, -0.1) is 0 Å². The highest BCUT2D eigenvalue weighted by Crippen LogP contribution is 2.25. The van der Waals surface area contributed by atoms with Crippen LogP contribution in [0.15, 0.2) is 22.7 Å². The van der Waals surface area contributed by atoms with Gasteiger partial charge in [0.05, 0.1) is 9.40 Å². The number of hydrogen-bond donors (Lipinski definition) is 0. The van der Waals surface area contributed by atoms with Gasteiger partial charge in [0.15, 0.2) is 5.78 Å². The average Bonchev–Trinajstić information content (AvgIpc) is 2.20. The lowest BCUT2D eigenvalue weighted by Crippen LogP contribution is -1.95. The molecule has 0 bridgehead atoms. The highest BCUT2D eigenvalue weighted by molar-refractivity contribution is 9.10. The summed E-state index contributed by atoms with van der Waals surface area (Å²) < 4.78 is 0.377. The van der Waals surface area contributed by atoms with Gasteiger partial charge in [0, 0.05) is 11.6 Å². The topological polar surface area (TPSA) is 60.2 Å². The van der Waals surface area contributed by atoms with Gasteiger partial charge >= 0.3 is 0 Å². The van der Waals surface area contributed by atoms with E-state index in [2.05, 4.69) is 15.9 Å². The van der Waals surface area contributed by atoms with Gasteiger partial charge in [0.1, 0.15) is 0 Å². The summed E-state index contributed by atoms with van der Waals surface area (Å²) in [6.45, 7) is 5.37. The maximum Gasteiger partial charge on any atom is 0.284 e. The first-order valence-corrected chi connectivity index (χ1v) is 5.26. The van der Waals surface area contributed by atoms with Crippen molar-refractivity contribution in [2.24, 2.45) is 0 Å². The van der Waals surface area contributed by atoms with Crippen LogP contribution < -0.4 is 0 Å². The Hall–Kier alpha value is -1.23. The minimum atomic E-state index is -0.531. The second-order valence-corrected chi connectivity index (χ2v) is 3.33. The van der Waals surface area contributed by atoms with Gasteiger partial charge in [0.25, 0.3) is 5.69 Å². The van der Waals surface area contributed by atoms with Gasteiger partial charge in [-0.05, 0) is 35.0 Å². The van der Waals surface area contributed by atoms with E-state index in [1.165, 1.54) is 19.1 Å². The highest BCUT2D eigenvalue weighted by Gasteiger charge is 2.13. The first-order chi connectivity index (χ1) is 7.02. The Morgan fingerprint density at radius 3 is 2.33 bits per heavy atom. The van der Waals surface area contributed by atoms with Crippen molar-refractivity contribution in [3.8, 4) is 0 Å². The molecule has 15 heavy (non-hydrogen) atoms. The summed E-state index contributed by atoms with van der Waals surface area (Å²) >= 11 is 3.03. The van der Waals surface area contributed by atoms with Crippen molar-refractivity contribution in [2.45, 2.75) is 20.8 Å². The molecule has 0 fully saturated rings. The molecule has 0 unspecified atom stereocenters. The third-order valence-corrected chi connectivity index (χ3v) is 2.22. The SMILES string of the molecule is CC.CC(=O)c1ccc(Br)c([N+](=O)[O-])c1. The maximum atomic E-state index is 10.9. The van der Waals surface area contributed by atoms with Gasteiger partial charge in [-0.3, -0.25) is 14.9 Å². The fraction of sp³-hybridized carbons (Fsp3) is 0.300. The second-order valence-electron chi connectivity index (χ2n) is 2.48. The average molecular weight is 274 g/mol. The third-order valence-electron chi connectivity index (χ3n) is 1.55. The summed E-state index contributed by atoms with van der Waals surface area (Å²) in [5.41, 5.74) is 0.252. The molecule has 1 aromatic rings. The van der Waals surface area contributed by atoms with Gasteiger partial charge in [-0.1, -0.05) is 13.8 Å². The summed E-state index contributed by atoms with van der Waals surface area (Å²) in [5.74, 6) is -0.185. The number of rotatable bonds is 2. The Balaban J connectivity index is 0.000000921. The molecule has 0 saturated heterocycles. The molecule has 0 N–H and O–H groups in total. The zero-order chi connectivity index (χ0) is 12.0. The van der Waals surface area contributed by atoms with E-state index in [0.29, 0.717) is 10.0 Å². The van der Waals surface area contributed by atoms with Gasteiger partial charge in [0.2, 0.25) is 0 Å².